The van der Waals surface area contributed by atoms with Gasteiger partial charge < -0.3 is 4.74 Å². The highest BCUT2D eigenvalue weighted by atomic mass is 32.1. The van der Waals surface area contributed by atoms with Crippen molar-refractivity contribution in [3.8, 4) is 0 Å². The second-order valence-electron chi connectivity index (χ2n) is 5.84. The second kappa shape index (κ2) is 6.34. The molecule has 1 aliphatic heterocycles. The maximum absolute atomic E-state index is 12.4. The average Bonchev–Trinajstić information content (AvgIpc) is 3.17. The number of rotatable bonds is 4. The first-order valence-corrected chi connectivity index (χ1v) is 8.70. The lowest BCUT2D eigenvalue weighted by Crippen LogP contribution is -2.37. The average molecular weight is 318 g/mol. The van der Waals surface area contributed by atoms with Gasteiger partial charge in [-0.2, -0.15) is 0 Å². The molecule has 22 heavy (non-hydrogen) atoms. The van der Waals surface area contributed by atoms with Crippen molar-refractivity contribution in [2.24, 2.45) is 0 Å². The zero-order valence-electron chi connectivity index (χ0n) is 13.4. The van der Waals surface area contributed by atoms with Crippen LogP contribution in [-0.2, 0) is 9.53 Å². The Morgan fingerprint density at radius 1 is 1.45 bits per heavy atom. The van der Waals surface area contributed by atoms with Gasteiger partial charge in [0.1, 0.15) is 0 Å². The zero-order chi connectivity index (χ0) is 15.7. The van der Waals surface area contributed by atoms with E-state index in [2.05, 4.69) is 26.0 Å². The standard InChI is InChI=1S/C17H22N2O2S/c1-4-15(20)19(10-13-6-5-9-21-13)17-18-16-12(3)11(2)7-8-14(16)22-17/h7-8,13H,4-6,9-10H2,1-3H3. The number of amides is 1. The molecule has 4 nitrogen and oxygen atoms in total. The fourth-order valence-corrected chi connectivity index (χ4v) is 3.85. The third-order valence-corrected chi connectivity index (χ3v) is 5.36. The van der Waals surface area contributed by atoms with Crippen LogP contribution < -0.4 is 4.90 Å². The number of carbonyl (C=O) groups excluding carboxylic acids is 1. The number of ether oxygens (including phenoxy) is 1. The first-order valence-electron chi connectivity index (χ1n) is 7.89. The number of hydrogen-bond acceptors (Lipinski definition) is 4. The van der Waals surface area contributed by atoms with Crippen LogP contribution >= 0.6 is 11.3 Å². The highest BCUT2D eigenvalue weighted by molar-refractivity contribution is 7.22. The molecule has 2 heterocycles. The van der Waals surface area contributed by atoms with E-state index in [-0.39, 0.29) is 12.0 Å². The zero-order valence-corrected chi connectivity index (χ0v) is 14.2. The molecule has 0 radical (unpaired) electrons. The molecule has 1 aromatic heterocycles. The molecule has 0 spiro atoms. The Morgan fingerprint density at radius 3 is 2.95 bits per heavy atom. The van der Waals surface area contributed by atoms with Gasteiger partial charge in [0.05, 0.1) is 22.9 Å². The van der Waals surface area contributed by atoms with Gasteiger partial charge in [-0.3, -0.25) is 9.69 Å². The van der Waals surface area contributed by atoms with E-state index in [1.807, 2.05) is 11.8 Å². The Kier molecular flexibility index (Phi) is 4.45. The van der Waals surface area contributed by atoms with Gasteiger partial charge in [-0.05, 0) is 43.9 Å². The summed E-state index contributed by atoms with van der Waals surface area (Å²) in [7, 11) is 0. The van der Waals surface area contributed by atoms with Gasteiger partial charge in [0.15, 0.2) is 5.13 Å². The topological polar surface area (TPSA) is 42.4 Å². The van der Waals surface area contributed by atoms with Crippen molar-refractivity contribution in [1.82, 2.24) is 4.98 Å². The van der Waals surface area contributed by atoms with Gasteiger partial charge in [0, 0.05) is 13.0 Å². The van der Waals surface area contributed by atoms with Crippen LogP contribution in [0.2, 0.25) is 0 Å². The summed E-state index contributed by atoms with van der Waals surface area (Å²) in [6, 6.07) is 4.21. The Morgan fingerprint density at radius 2 is 2.27 bits per heavy atom. The van der Waals surface area contributed by atoms with E-state index in [0.717, 1.165) is 34.8 Å². The van der Waals surface area contributed by atoms with E-state index >= 15 is 0 Å². The Bertz CT molecular complexity index is 689. The lowest BCUT2D eigenvalue weighted by Gasteiger charge is -2.22. The molecule has 0 saturated carbocycles. The smallest absolute Gasteiger partial charge is 0.228 e. The van der Waals surface area contributed by atoms with Crippen LogP contribution in [0.15, 0.2) is 12.1 Å². The molecule has 5 heteroatoms. The third-order valence-electron chi connectivity index (χ3n) is 4.32. The highest BCUT2D eigenvalue weighted by Crippen LogP contribution is 2.32. The number of benzene rings is 1. The summed E-state index contributed by atoms with van der Waals surface area (Å²) in [5.41, 5.74) is 3.44. The van der Waals surface area contributed by atoms with E-state index in [1.165, 1.54) is 11.1 Å². The lowest BCUT2D eigenvalue weighted by molar-refractivity contribution is -0.118. The van der Waals surface area contributed by atoms with Crippen LogP contribution in [0, 0.1) is 13.8 Å². The number of aryl methyl sites for hydroxylation is 2. The molecule has 1 amide bonds. The minimum absolute atomic E-state index is 0.115. The van der Waals surface area contributed by atoms with Crippen LogP contribution in [0.25, 0.3) is 10.2 Å². The Labute approximate surface area is 135 Å². The molecular weight excluding hydrogens is 296 g/mol. The van der Waals surface area contributed by atoms with Gasteiger partial charge in [0.25, 0.3) is 0 Å². The van der Waals surface area contributed by atoms with E-state index in [0.29, 0.717) is 13.0 Å². The van der Waals surface area contributed by atoms with Crippen LogP contribution in [0.4, 0.5) is 5.13 Å². The number of anilines is 1. The monoisotopic (exact) mass is 318 g/mol. The maximum Gasteiger partial charge on any atom is 0.228 e. The number of fused-ring (bicyclic) bond motifs is 1. The number of aromatic nitrogens is 1. The molecule has 0 aliphatic carbocycles. The quantitative estimate of drug-likeness (QED) is 0.860. The van der Waals surface area contributed by atoms with E-state index in [9.17, 15) is 4.79 Å². The minimum Gasteiger partial charge on any atom is -0.376 e. The maximum atomic E-state index is 12.4. The Balaban J connectivity index is 1.96. The molecule has 1 saturated heterocycles. The molecule has 2 aromatic rings. The fraction of sp³-hybridized carbons (Fsp3) is 0.529. The third kappa shape index (κ3) is 2.88. The van der Waals surface area contributed by atoms with Crippen molar-refractivity contribution in [2.75, 3.05) is 18.1 Å². The van der Waals surface area contributed by atoms with Crippen LogP contribution in [0.1, 0.15) is 37.3 Å². The van der Waals surface area contributed by atoms with Crippen LogP contribution in [-0.4, -0.2) is 30.1 Å². The second-order valence-corrected chi connectivity index (χ2v) is 6.85. The minimum atomic E-state index is 0.115. The summed E-state index contributed by atoms with van der Waals surface area (Å²) in [6.45, 7) is 7.50. The number of hydrogen-bond donors (Lipinski definition) is 0. The van der Waals surface area contributed by atoms with Crippen molar-refractivity contribution in [3.63, 3.8) is 0 Å². The normalized spacial score (nSPS) is 18.0. The molecule has 1 aliphatic rings. The summed E-state index contributed by atoms with van der Waals surface area (Å²) in [5, 5.41) is 0.797. The summed E-state index contributed by atoms with van der Waals surface area (Å²) < 4.78 is 6.84. The van der Waals surface area contributed by atoms with Gasteiger partial charge in [-0.15, -0.1) is 0 Å². The number of carbonyl (C=O) groups is 1. The van der Waals surface area contributed by atoms with Crippen molar-refractivity contribution in [3.05, 3.63) is 23.3 Å². The number of thiazole rings is 1. The molecule has 0 bridgehead atoms. The van der Waals surface area contributed by atoms with Crippen molar-refractivity contribution < 1.29 is 9.53 Å². The molecule has 1 atom stereocenters. The molecule has 1 fully saturated rings. The van der Waals surface area contributed by atoms with Crippen molar-refractivity contribution in [2.45, 2.75) is 46.1 Å². The molecule has 118 valence electrons. The molecule has 3 rings (SSSR count). The summed E-state index contributed by atoms with van der Waals surface area (Å²) in [4.78, 5) is 18.9. The molecule has 1 aromatic carbocycles. The summed E-state index contributed by atoms with van der Waals surface area (Å²) in [6.07, 6.45) is 2.74. The van der Waals surface area contributed by atoms with Gasteiger partial charge in [-0.25, -0.2) is 4.98 Å². The molecule has 1 unspecified atom stereocenters. The van der Waals surface area contributed by atoms with Gasteiger partial charge in [0.2, 0.25) is 5.91 Å². The van der Waals surface area contributed by atoms with Gasteiger partial charge in [-0.1, -0.05) is 24.3 Å². The molecular formula is C17H22N2O2S. The summed E-state index contributed by atoms with van der Waals surface area (Å²) >= 11 is 1.59. The van der Waals surface area contributed by atoms with Crippen LogP contribution in [0.3, 0.4) is 0 Å². The van der Waals surface area contributed by atoms with Crippen molar-refractivity contribution in [1.29, 1.82) is 0 Å². The first kappa shape index (κ1) is 15.4. The highest BCUT2D eigenvalue weighted by Gasteiger charge is 2.25. The lowest BCUT2D eigenvalue weighted by atomic mass is 10.1. The van der Waals surface area contributed by atoms with Crippen LogP contribution in [0.5, 0.6) is 0 Å². The SMILES string of the molecule is CCC(=O)N(CC1CCCO1)c1nc2c(C)c(C)ccc2s1. The number of nitrogens with zero attached hydrogens (tertiary/aromatic N) is 2. The largest absolute Gasteiger partial charge is 0.376 e. The predicted octanol–water partition coefficient (Wildman–Crippen LogP) is 3.84. The fourth-order valence-electron chi connectivity index (χ4n) is 2.80. The van der Waals surface area contributed by atoms with Gasteiger partial charge >= 0.3 is 0 Å². The predicted molar refractivity (Wildman–Crippen MR) is 90.7 cm³/mol. The Hall–Kier alpha value is -1.46. The van der Waals surface area contributed by atoms with E-state index < -0.39 is 0 Å². The van der Waals surface area contributed by atoms with E-state index in [4.69, 9.17) is 9.72 Å². The summed E-state index contributed by atoms with van der Waals surface area (Å²) in [5.74, 6) is 0.115. The van der Waals surface area contributed by atoms with Crippen molar-refractivity contribution >= 4 is 32.6 Å². The van der Waals surface area contributed by atoms with E-state index in [1.54, 1.807) is 11.3 Å². The molecule has 0 N–H and O–H groups in total. The first-order chi connectivity index (χ1) is 10.6.